The highest BCUT2D eigenvalue weighted by atomic mass is 16.3. The van der Waals surface area contributed by atoms with Crippen molar-refractivity contribution in [2.75, 3.05) is 44.2 Å². The zero-order valence-electron chi connectivity index (χ0n) is 15.4. The molecule has 0 spiro atoms. The van der Waals surface area contributed by atoms with E-state index in [0.717, 1.165) is 52.1 Å². The fourth-order valence-electron chi connectivity index (χ4n) is 3.82. The van der Waals surface area contributed by atoms with Gasteiger partial charge in [-0.05, 0) is 31.4 Å². The number of anilines is 1. The Morgan fingerprint density at radius 1 is 1.08 bits per heavy atom. The minimum atomic E-state index is 0.00173. The molecule has 1 amide bonds. The molecule has 4 rings (SSSR count). The first-order valence-corrected chi connectivity index (χ1v) is 9.47. The molecule has 6 heteroatoms. The predicted molar refractivity (Wildman–Crippen MR) is 100 cm³/mol. The second-order valence-electron chi connectivity index (χ2n) is 7.18. The molecular weight excluding hydrogens is 328 g/mol. The van der Waals surface area contributed by atoms with Crippen LogP contribution in [-0.4, -0.2) is 60.0 Å². The van der Waals surface area contributed by atoms with Crippen molar-refractivity contribution in [2.24, 2.45) is 0 Å². The molecule has 0 unspecified atom stereocenters. The number of piperazine rings is 1. The lowest BCUT2D eigenvalue weighted by molar-refractivity contribution is 0.0787. The molecule has 0 aliphatic carbocycles. The van der Waals surface area contributed by atoms with Crippen LogP contribution in [0.2, 0.25) is 0 Å². The van der Waals surface area contributed by atoms with E-state index in [4.69, 9.17) is 4.42 Å². The largest absolute Gasteiger partial charge is 0.447 e. The monoisotopic (exact) mass is 354 g/mol. The van der Waals surface area contributed by atoms with Gasteiger partial charge in [-0.15, -0.1) is 0 Å². The Bertz CT molecular complexity index is 759. The molecule has 0 radical (unpaired) electrons. The van der Waals surface area contributed by atoms with Gasteiger partial charge in [0, 0.05) is 45.0 Å². The lowest BCUT2D eigenvalue weighted by atomic mass is 10.1. The van der Waals surface area contributed by atoms with Crippen LogP contribution in [0.25, 0.3) is 0 Å². The molecule has 1 aromatic carbocycles. The Balaban J connectivity index is 1.32. The fraction of sp³-hybridized carbons (Fsp3) is 0.500. The van der Waals surface area contributed by atoms with Gasteiger partial charge >= 0.3 is 0 Å². The Labute approximate surface area is 154 Å². The zero-order valence-corrected chi connectivity index (χ0v) is 15.4. The normalized spacial score (nSPS) is 18.5. The van der Waals surface area contributed by atoms with E-state index in [2.05, 4.69) is 46.0 Å². The Kier molecular flexibility index (Phi) is 4.93. The number of aromatic nitrogens is 1. The van der Waals surface area contributed by atoms with Crippen LogP contribution in [0.1, 0.15) is 34.8 Å². The smallest absolute Gasteiger partial charge is 0.275 e. The first-order chi connectivity index (χ1) is 12.7. The van der Waals surface area contributed by atoms with Crippen molar-refractivity contribution in [2.45, 2.75) is 26.3 Å². The summed E-state index contributed by atoms with van der Waals surface area (Å²) in [5, 5.41) is 0. The van der Waals surface area contributed by atoms with E-state index in [9.17, 15) is 4.79 Å². The molecule has 26 heavy (non-hydrogen) atoms. The molecular formula is C20H26N4O2. The number of aryl methyl sites for hydroxylation is 1. The van der Waals surface area contributed by atoms with E-state index in [1.165, 1.54) is 17.5 Å². The number of carbonyl (C=O) groups is 1. The van der Waals surface area contributed by atoms with Gasteiger partial charge in [-0.1, -0.05) is 18.2 Å². The van der Waals surface area contributed by atoms with Crippen LogP contribution in [0.3, 0.4) is 0 Å². The average Bonchev–Trinajstić information content (AvgIpc) is 3.35. The SMILES string of the molecule is Cc1ccccc1N1CCN(Cc2nc(C(=O)N3CCCC3)co2)CC1. The summed E-state index contributed by atoms with van der Waals surface area (Å²) in [6.07, 6.45) is 3.68. The highest BCUT2D eigenvalue weighted by molar-refractivity contribution is 5.92. The summed E-state index contributed by atoms with van der Waals surface area (Å²) in [7, 11) is 0. The van der Waals surface area contributed by atoms with Gasteiger partial charge in [-0.2, -0.15) is 0 Å². The number of hydrogen-bond acceptors (Lipinski definition) is 5. The second-order valence-corrected chi connectivity index (χ2v) is 7.18. The van der Waals surface area contributed by atoms with E-state index in [-0.39, 0.29) is 5.91 Å². The highest BCUT2D eigenvalue weighted by Gasteiger charge is 2.24. The number of amides is 1. The molecule has 0 bridgehead atoms. The highest BCUT2D eigenvalue weighted by Crippen LogP contribution is 2.21. The van der Waals surface area contributed by atoms with Crippen LogP contribution in [0, 0.1) is 6.92 Å². The topological polar surface area (TPSA) is 52.8 Å². The second kappa shape index (κ2) is 7.50. The Morgan fingerprint density at radius 3 is 2.54 bits per heavy atom. The molecule has 0 saturated carbocycles. The number of rotatable bonds is 4. The minimum Gasteiger partial charge on any atom is -0.447 e. The van der Waals surface area contributed by atoms with Gasteiger partial charge in [0.05, 0.1) is 6.54 Å². The molecule has 2 aliphatic rings. The minimum absolute atomic E-state index is 0.00173. The van der Waals surface area contributed by atoms with Gasteiger partial charge in [0.15, 0.2) is 5.69 Å². The molecule has 2 aromatic rings. The molecule has 2 aliphatic heterocycles. The number of hydrogen-bond donors (Lipinski definition) is 0. The van der Waals surface area contributed by atoms with Gasteiger partial charge in [-0.25, -0.2) is 4.98 Å². The summed E-state index contributed by atoms with van der Waals surface area (Å²) in [6, 6.07) is 8.53. The fourth-order valence-corrected chi connectivity index (χ4v) is 3.82. The summed E-state index contributed by atoms with van der Waals surface area (Å²) in [5.41, 5.74) is 3.08. The van der Waals surface area contributed by atoms with Gasteiger partial charge in [0.1, 0.15) is 6.26 Å². The zero-order chi connectivity index (χ0) is 17.9. The lowest BCUT2D eigenvalue weighted by Crippen LogP contribution is -2.46. The van der Waals surface area contributed by atoms with Crippen LogP contribution in [0.15, 0.2) is 34.9 Å². The molecule has 2 fully saturated rings. The van der Waals surface area contributed by atoms with Crippen molar-refractivity contribution in [3.63, 3.8) is 0 Å². The van der Waals surface area contributed by atoms with Crippen molar-refractivity contribution in [1.82, 2.24) is 14.8 Å². The van der Waals surface area contributed by atoms with Crippen LogP contribution in [-0.2, 0) is 6.54 Å². The summed E-state index contributed by atoms with van der Waals surface area (Å²) in [5.74, 6) is 0.638. The maximum absolute atomic E-state index is 12.4. The maximum Gasteiger partial charge on any atom is 0.275 e. The van der Waals surface area contributed by atoms with Crippen LogP contribution in [0.4, 0.5) is 5.69 Å². The Morgan fingerprint density at radius 2 is 1.81 bits per heavy atom. The predicted octanol–water partition coefficient (Wildman–Crippen LogP) is 2.54. The average molecular weight is 354 g/mol. The number of oxazole rings is 1. The maximum atomic E-state index is 12.4. The van der Waals surface area contributed by atoms with Crippen molar-refractivity contribution in [3.8, 4) is 0 Å². The number of nitrogens with zero attached hydrogens (tertiary/aromatic N) is 4. The molecule has 1 aromatic heterocycles. The number of para-hydroxylation sites is 1. The van der Waals surface area contributed by atoms with E-state index in [0.29, 0.717) is 18.1 Å². The number of carbonyl (C=O) groups excluding carboxylic acids is 1. The third kappa shape index (κ3) is 3.60. The third-order valence-corrected chi connectivity index (χ3v) is 5.35. The molecule has 2 saturated heterocycles. The molecule has 138 valence electrons. The summed E-state index contributed by atoms with van der Waals surface area (Å²) in [6.45, 7) is 8.40. The van der Waals surface area contributed by atoms with Gasteiger partial charge in [0.2, 0.25) is 5.89 Å². The summed E-state index contributed by atoms with van der Waals surface area (Å²) >= 11 is 0. The quantitative estimate of drug-likeness (QED) is 0.845. The van der Waals surface area contributed by atoms with Crippen LogP contribution >= 0.6 is 0 Å². The van der Waals surface area contributed by atoms with Crippen LogP contribution < -0.4 is 4.90 Å². The Hall–Kier alpha value is -2.34. The summed E-state index contributed by atoms with van der Waals surface area (Å²) < 4.78 is 5.56. The van der Waals surface area contributed by atoms with Crippen molar-refractivity contribution in [1.29, 1.82) is 0 Å². The first-order valence-electron chi connectivity index (χ1n) is 9.47. The van der Waals surface area contributed by atoms with Gasteiger partial charge in [-0.3, -0.25) is 9.69 Å². The van der Waals surface area contributed by atoms with E-state index >= 15 is 0 Å². The standard InChI is InChI=1S/C20H26N4O2/c1-16-6-2-3-7-18(16)23-12-10-22(11-13-23)14-19-21-17(15-26-19)20(25)24-8-4-5-9-24/h2-3,6-7,15H,4-5,8-14H2,1H3. The van der Waals surface area contributed by atoms with E-state index in [1.54, 1.807) is 0 Å². The van der Waals surface area contributed by atoms with E-state index in [1.807, 2.05) is 4.90 Å². The molecule has 0 atom stereocenters. The molecule has 6 nitrogen and oxygen atoms in total. The van der Waals surface area contributed by atoms with E-state index < -0.39 is 0 Å². The number of likely N-dealkylation sites (tertiary alicyclic amines) is 1. The van der Waals surface area contributed by atoms with Crippen molar-refractivity contribution >= 4 is 11.6 Å². The van der Waals surface area contributed by atoms with Crippen molar-refractivity contribution in [3.05, 3.63) is 47.7 Å². The van der Waals surface area contributed by atoms with Gasteiger partial charge in [0.25, 0.3) is 5.91 Å². The molecule has 0 N–H and O–H groups in total. The third-order valence-electron chi connectivity index (χ3n) is 5.35. The first kappa shape index (κ1) is 17.1. The van der Waals surface area contributed by atoms with Crippen LogP contribution in [0.5, 0.6) is 0 Å². The summed E-state index contributed by atoms with van der Waals surface area (Å²) in [4.78, 5) is 23.4. The number of benzene rings is 1. The lowest BCUT2D eigenvalue weighted by Gasteiger charge is -2.36. The molecule has 3 heterocycles. The van der Waals surface area contributed by atoms with Gasteiger partial charge < -0.3 is 14.2 Å². The van der Waals surface area contributed by atoms with Crippen molar-refractivity contribution < 1.29 is 9.21 Å².